The van der Waals surface area contributed by atoms with Crippen molar-refractivity contribution in [1.82, 2.24) is 20.2 Å². The van der Waals surface area contributed by atoms with Gasteiger partial charge in [0.1, 0.15) is 5.82 Å². The fourth-order valence-corrected chi connectivity index (χ4v) is 2.26. The van der Waals surface area contributed by atoms with Crippen LogP contribution in [0.25, 0.3) is 10.9 Å². The average molecular weight is 359 g/mol. The number of fused-ring (bicyclic) bond motifs is 1. The van der Waals surface area contributed by atoms with Crippen molar-refractivity contribution in [2.75, 3.05) is 5.32 Å². The number of aromatic nitrogens is 4. The van der Waals surface area contributed by atoms with E-state index in [1.807, 2.05) is 6.07 Å². The van der Waals surface area contributed by atoms with Gasteiger partial charge in [-0.3, -0.25) is 5.10 Å². The van der Waals surface area contributed by atoms with E-state index in [4.69, 9.17) is 23.2 Å². The van der Waals surface area contributed by atoms with E-state index in [0.717, 1.165) is 10.9 Å². The summed E-state index contributed by atoms with van der Waals surface area (Å²) in [6.45, 7) is 0. The molecule has 0 bridgehead atoms. The smallest absolute Gasteiger partial charge is 0.224 e. The van der Waals surface area contributed by atoms with Crippen LogP contribution >= 0.6 is 39.1 Å². The molecule has 8 heteroatoms. The molecule has 96 valence electrons. The van der Waals surface area contributed by atoms with Crippen LogP contribution in [0.3, 0.4) is 0 Å². The molecule has 0 saturated carbocycles. The van der Waals surface area contributed by atoms with Gasteiger partial charge in [-0.15, -0.1) is 0 Å². The molecule has 0 aliphatic rings. The van der Waals surface area contributed by atoms with Crippen molar-refractivity contribution in [2.24, 2.45) is 0 Å². The van der Waals surface area contributed by atoms with E-state index >= 15 is 0 Å². The summed E-state index contributed by atoms with van der Waals surface area (Å²) in [5.74, 6) is 0.546. The van der Waals surface area contributed by atoms with Crippen molar-refractivity contribution in [3.63, 3.8) is 0 Å². The molecule has 0 aliphatic carbocycles. The lowest BCUT2D eigenvalue weighted by molar-refractivity contribution is 1.12. The Morgan fingerprint density at radius 3 is 2.89 bits per heavy atom. The maximum Gasteiger partial charge on any atom is 0.224 e. The standard InChI is InChI=1S/C11H6BrCl2N5/c12-6-4-15-11(14)18-10(6)17-9-1-5-3-16-19-8(5)2-7(9)13/h1-4H,(H,16,19)(H,15,17,18). The number of H-pyrrole nitrogens is 1. The lowest BCUT2D eigenvalue weighted by Gasteiger charge is -2.09. The highest BCUT2D eigenvalue weighted by Gasteiger charge is 2.09. The first kappa shape index (κ1) is 12.7. The van der Waals surface area contributed by atoms with Crippen LogP contribution in [0.5, 0.6) is 0 Å². The first-order valence-electron chi connectivity index (χ1n) is 5.21. The van der Waals surface area contributed by atoms with Crippen LogP contribution in [-0.4, -0.2) is 20.2 Å². The minimum atomic E-state index is 0.159. The van der Waals surface area contributed by atoms with Crippen LogP contribution in [0.15, 0.2) is 29.0 Å². The van der Waals surface area contributed by atoms with Gasteiger partial charge in [0.15, 0.2) is 0 Å². The van der Waals surface area contributed by atoms with E-state index in [1.54, 1.807) is 18.5 Å². The maximum absolute atomic E-state index is 6.20. The topological polar surface area (TPSA) is 66.5 Å². The van der Waals surface area contributed by atoms with E-state index in [0.29, 0.717) is 21.0 Å². The predicted molar refractivity (Wildman–Crippen MR) is 79.1 cm³/mol. The minimum absolute atomic E-state index is 0.159. The van der Waals surface area contributed by atoms with Gasteiger partial charge in [-0.2, -0.15) is 10.1 Å². The maximum atomic E-state index is 6.20. The SMILES string of the molecule is Clc1ncc(Br)c(Nc2cc3cn[nH]c3cc2Cl)n1. The molecule has 0 unspecified atom stereocenters. The lowest BCUT2D eigenvalue weighted by Crippen LogP contribution is -1.97. The van der Waals surface area contributed by atoms with Crippen molar-refractivity contribution >= 4 is 61.5 Å². The third-order valence-electron chi connectivity index (χ3n) is 2.50. The number of nitrogens with one attached hydrogen (secondary N) is 2. The summed E-state index contributed by atoms with van der Waals surface area (Å²) in [4.78, 5) is 7.96. The molecule has 2 aromatic heterocycles. The summed E-state index contributed by atoms with van der Waals surface area (Å²) in [7, 11) is 0. The highest BCUT2D eigenvalue weighted by atomic mass is 79.9. The molecule has 2 N–H and O–H groups in total. The number of hydrogen-bond donors (Lipinski definition) is 2. The van der Waals surface area contributed by atoms with E-state index in [2.05, 4.69) is 41.4 Å². The van der Waals surface area contributed by atoms with Crippen molar-refractivity contribution in [3.8, 4) is 0 Å². The zero-order chi connectivity index (χ0) is 13.4. The zero-order valence-electron chi connectivity index (χ0n) is 9.28. The molecule has 0 saturated heterocycles. The summed E-state index contributed by atoms with van der Waals surface area (Å²) in [5, 5.41) is 11.6. The molecule has 19 heavy (non-hydrogen) atoms. The Hall–Kier alpha value is -1.37. The van der Waals surface area contributed by atoms with E-state index in [9.17, 15) is 0 Å². The van der Waals surface area contributed by atoms with Crippen LogP contribution in [-0.2, 0) is 0 Å². The fourth-order valence-electron chi connectivity index (χ4n) is 1.62. The van der Waals surface area contributed by atoms with Gasteiger partial charge in [-0.1, -0.05) is 11.6 Å². The fraction of sp³-hybridized carbons (Fsp3) is 0. The van der Waals surface area contributed by atoms with Crippen LogP contribution in [0, 0.1) is 0 Å². The third-order valence-corrected chi connectivity index (χ3v) is 3.57. The summed E-state index contributed by atoms with van der Waals surface area (Å²) < 4.78 is 0.695. The molecule has 1 aromatic carbocycles. The van der Waals surface area contributed by atoms with Gasteiger partial charge in [0.2, 0.25) is 5.28 Å². The second-order valence-electron chi connectivity index (χ2n) is 3.75. The largest absolute Gasteiger partial charge is 0.338 e. The zero-order valence-corrected chi connectivity index (χ0v) is 12.4. The summed E-state index contributed by atoms with van der Waals surface area (Å²) in [5.41, 5.74) is 1.58. The molecule has 5 nitrogen and oxygen atoms in total. The van der Waals surface area contributed by atoms with Gasteiger partial charge < -0.3 is 5.32 Å². The molecule has 0 radical (unpaired) electrons. The molecular formula is C11H6BrCl2N5. The Bertz CT molecular complexity index is 758. The highest BCUT2D eigenvalue weighted by Crippen LogP contribution is 2.31. The first-order chi connectivity index (χ1) is 9.13. The molecule has 0 amide bonds. The second kappa shape index (κ2) is 4.96. The number of nitrogens with zero attached hydrogens (tertiary/aromatic N) is 3. The van der Waals surface area contributed by atoms with Crippen molar-refractivity contribution in [2.45, 2.75) is 0 Å². The molecule has 0 fully saturated rings. The second-order valence-corrected chi connectivity index (χ2v) is 5.35. The number of benzene rings is 1. The van der Waals surface area contributed by atoms with Gasteiger partial charge in [0.05, 0.1) is 26.9 Å². The summed E-state index contributed by atoms with van der Waals surface area (Å²) in [6, 6.07) is 3.67. The normalized spacial score (nSPS) is 10.9. The molecule has 3 rings (SSSR count). The minimum Gasteiger partial charge on any atom is -0.338 e. The van der Waals surface area contributed by atoms with Gasteiger partial charge in [-0.25, -0.2) is 4.98 Å². The Morgan fingerprint density at radius 1 is 1.21 bits per heavy atom. The Kier molecular flexibility index (Phi) is 3.30. The first-order valence-corrected chi connectivity index (χ1v) is 6.76. The van der Waals surface area contributed by atoms with Crippen LogP contribution < -0.4 is 5.32 Å². The van der Waals surface area contributed by atoms with Gasteiger partial charge in [0.25, 0.3) is 0 Å². The Labute approximate surface area is 126 Å². The highest BCUT2D eigenvalue weighted by molar-refractivity contribution is 9.10. The summed E-state index contributed by atoms with van der Waals surface area (Å²) >= 11 is 15.3. The molecule has 2 heterocycles. The Morgan fingerprint density at radius 2 is 2.05 bits per heavy atom. The summed E-state index contributed by atoms with van der Waals surface area (Å²) in [6.07, 6.45) is 3.29. The van der Waals surface area contributed by atoms with Crippen molar-refractivity contribution < 1.29 is 0 Å². The predicted octanol–water partition coefficient (Wildman–Crippen LogP) is 4.17. The number of aromatic amines is 1. The average Bonchev–Trinajstić information content (AvgIpc) is 2.81. The number of hydrogen-bond acceptors (Lipinski definition) is 4. The van der Waals surface area contributed by atoms with Gasteiger partial charge in [0, 0.05) is 11.6 Å². The van der Waals surface area contributed by atoms with Crippen molar-refractivity contribution in [3.05, 3.63) is 39.3 Å². The van der Waals surface area contributed by atoms with E-state index in [-0.39, 0.29) is 5.28 Å². The third kappa shape index (κ3) is 2.51. The Balaban J connectivity index is 2.04. The lowest BCUT2D eigenvalue weighted by atomic mass is 10.2. The molecule has 3 aromatic rings. The number of halogens is 3. The van der Waals surface area contributed by atoms with Crippen LogP contribution in [0.1, 0.15) is 0 Å². The van der Waals surface area contributed by atoms with Crippen LogP contribution in [0.4, 0.5) is 11.5 Å². The van der Waals surface area contributed by atoms with E-state index < -0.39 is 0 Å². The molecule has 0 atom stereocenters. The number of anilines is 2. The van der Waals surface area contributed by atoms with E-state index in [1.165, 1.54) is 0 Å². The van der Waals surface area contributed by atoms with Gasteiger partial charge in [-0.05, 0) is 39.7 Å². The van der Waals surface area contributed by atoms with Crippen LogP contribution in [0.2, 0.25) is 10.3 Å². The quantitative estimate of drug-likeness (QED) is 0.675. The molecular weight excluding hydrogens is 353 g/mol. The van der Waals surface area contributed by atoms with Gasteiger partial charge >= 0.3 is 0 Å². The number of rotatable bonds is 2. The van der Waals surface area contributed by atoms with Crippen molar-refractivity contribution in [1.29, 1.82) is 0 Å². The molecule has 0 aliphatic heterocycles. The monoisotopic (exact) mass is 357 g/mol. The molecule has 0 spiro atoms.